The molecule has 1 amide bonds. The Labute approximate surface area is 156 Å². The van der Waals surface area contributed by atoms with Crippen LogP contribution in [0.3, 0.4) is 0 Å². The van der Waals surface area contributed by atoms with Crippen LogP contribution in [0.1, 0.15) is 10.5 Å². The van der Waals surface area contributed by atoms with Crippen LogP contribution < -0.4 is 10.1 Å². The van der Waals surface area contributed by atoms with Crippen LogP contribution in [0.4, 0.5) is 5.69 Å². The molecule has 3 aromatic rings. The summed E-state index contributed by atoms with van der Waals surface area (Å²) in [4.78, 5) is 17.3. The van der Waals surface area contributed by atoms with E-state index in [1.54, 1.807) is 43.5 Å². The monoisotopic (exact) mass is 383 g/mol. The van der Waals surface area contributed by atoms with Crippen molar-refractivity contribution in [1.82, 2.24) is 9.55 Å². The summed E-state index contributed by atoms with van der Waals surface area (Å²) in [7, 11) is -1.96. The van der Waals surface area contributed by atoms with Crippen LogP contribution in [0.15, 0.2) is 59.8 Å². The maximum atomic E-state index is 13.0. The molecule has 1 N–H and O–H groups in total. The fourth-order valence-corrected chi connectivity index (χ4v) is 4.45. The average Bonchev–Trinajstić information content (AvgIpc) is 3.20. The molecule has 0 fully saturated rings. The van der Waals surface area contributed by atoms with E-state index in [1.807, 2.05) is 18.2 Å². The van der Waals surface area contributed by atoms with Crippen molar-refractivity contribution in [2.45, 2.75) is 11.7 Å². The van der Waals surface area contributed by atoms with E-state index in [0.717, 1.165) is 0 Å². The van der Waals surface area contributed by atoms with Gasteiger partial charge in [0.25, 0.3) is 5.91 Å². The number of fused-ring (bicyclic) bond motifs is 1. The number of rotatable bonds is 4. The highest BCUT2D eigenvalue weighted by atomic mass is 32.2. The summed E-state index contributed by atoms with van der Waals surface area (Å²) >= 11 is 0. The molecule has 8 heteroatoms. The van der Waals surface area contributed by atoms with Crippen molar-refractivity contribution in [2.24, 2.45) is 0 Å². The normalized spacial score (nSPS) is 14.6. The largest absolute Gasteiger partial charge is 0.497 e. The lowest BCUT2D eigenvalue weighted by atomic mass is 10.1. The van der Waals surface area contributed by atoms with Gasteiger partial charge in [-0.15, -0.1) is 0 Å². The van der Waals surface area contributed by atoms with E-state index in [9.17, 15) is 13.2 Å². The lowest BCUT2D eigenvalue weighted by Gasteiger charge is -2.09. The topological polar surface area (TPSA) is 90.3 Å². The van der Waals surface area contributed by atoms with E-state index in [-0.39, 0.29) is 23.1 Å². The summed E-state index contributed by atoms with van der Waals surface area (Å²) in [6.45, 7) is 0.201. The Bertz CT molecular complexity index is 1120. The van der Waals surface area contributed by atoms with Crippen LogP contribution in [0.25, 0.3) is 11.3 Å². The number of hydrogen-bond donors (Lipinski definition) is 1. The molecule has 138 valence electrons. The quantitative estimate of drug-likeness (QED) is 0.748. The molecule has 2 aromatic carbocycles. The number of imidazole rings is 1. The molecule has 0 saturated heterocycles. The van der Waals surface area contributed by atoms with Gasteiger partial charge in [0.1, 0.15) is 17.1 Å². The molecule has 0 aliphatic carbocycles. The van der Waals surface area contributed by atoms with Gasteiger partial charge in [-0.25, -0.2) is 13.4 Å². The summed E-state index contributed by atoms with van der Waals surface area (Å²) < 4.78 is 31.3. The van der Waals surface area contributed by atoms with Gasteiger partial charge in [-0.3, -0.25) is 4.79 Å². The third kappa shape index (κ3) is 3.08. The predicted molar refractivity (Wildman–Crippen MR) is 101 cm³/mol. The second kappa shape index (κ2) is 6.55. The van der Waals surface area contributed by atoms with Crippen LogP contribution in [-0.2, 0) is 16.4 Å². The highest BCUT2D eigenvalue weighted by molar-refractivity contribution is 7.91. The molecular formula is C19H17N3O4S. The van der Waals surface area contributed by atoms with E-state index in [1.165, 1.54) is 4.57 Å². The van der Waals surface area contributed by atoms with Crippen molar-refractivity contribution in [3.63, 3.8) is 0 Å². The molecule has 0 bridgehead atoms. The van der Waals surface area contributed by atoms with Crippen molar-refractivity contribution < 1.29 is 17.9 Å². The van der Waals surface area contributed by atoms with Crippen molar-refractivity contribution in [3.05, 3.63) is 60.3 Å². The Morgan fingerprint density at radius 2 is 1.93 bits per heavy atom. The van der Waals surface area contributed by atoms with Gasteiger partial charge in [0.15, 0.2) is 0 Å². The number of carbonyl (C=O) groups is 1. The van der Waals surface area contributed by atoms with Crippen molar-refractivity contribution in [1.29, 1.82) is 0 Å². The van der Waals surface area contributed by atoms with Gasteiger partial charge in [-0.2, -0.15) is 0 Å². The number of nitrogens with one attached hydrogen (secondary N) is 1. The number of hydrogen-bond acceptors (Lipinski definition) is 5. The zero-order valence-corrected chi connectivity index (χ0v) is 15.4. The number of anilines is 1. The van der Waals surface area contributed by atoms with Gasteiger partial charge in [-0.1, -0.05) is 30.3 Å². The van der Waals surface area contributed by atoms with Crippen LogP contribution in [0.2, 0.25) is 0 Å². The molecule has 0 spiro atoms. The Hall–Kier alpha value is -3.13. The first-order valence-electron chi connectivity index (χ1n) is 8.34. The van der Waals surface area contributed by atoms with Gasteiger partial charge in [0.05, 0.1) is 12.9 Å². The molecule has 1 aromatic heterocycles. The first-order chi connectivity index (χ1) is 13.0. The summed E-state index contributed by atoms with van der Waals surface area (Å²) in [6.07, 6.45) is 0. The lowest BCUT2D eigenvalue weighted by molar-refractivity contribution is 0.101. The fourth-order valence-electron chi connectivity index (χ4n) is 3.09. The summed E-state index contributed by atoms with van der Waals surface area (Å²) in [5.41, 5.74) is 1.78. The third-order valence-electron chi connectivity index (χ3n) is 4.38. The molecule has 0 saturated carbocycles. The maximum absolute atomic E-state index is 13.0. The molecule has 4 rings (SSSR count). The molecule has 1 aliphatic heterocycles. The number of methoxy groups -OCH3 is 1. The molecule has 0 unspecified atom stereocenters. The first-order valence-corrected chi connectivity index (χ1v) is 9.99. The number of ether oxygens (including phenoxy) is 1. The van der Waals surface area contributed by atoms with Gasteiger partial charge in [0, 0.05) is 17.8 Å². The Morgan fingerprint density at radius 1 is 1.15 bits per heavy atom. The molecular weight excluding hydrogens is 366 g/mol. The number of carbonyl (C=O) groups excluding carboxylic acids is 1. The highest BCUT2D eigenvalue weighted by Gasteiger charge is 2.35. The van der Waals surface area contributed by atoms with E-state index in [0.29, 0.717) is 22.7 Å². The second-order valence-electron chi connectivity index (χ2n) is 6.11. The molecule has 0 radical (unpaired) electrons. The van der Waals surface area contributed by atoms with Gasteiger partial charge in [0.2, 0.25) is 15.0 Å². The van der Waals surface area contributed by atoms with Crippen molar-refractivity contribution in [3.8, 4) is 17.0 Å². The molecule has 1 aliphatic rings. The lowest BCUT2D eigenvalue weighted by Crippen LogP contribution is -2.17. The van der Waals surface area contributed by atoms with Gasteiger partial charge in [-0.05, 0) is 24.3 Å². The van der Waals surface area contributed by atoms with Crippen LogP contribution in [0.5, 0.6) is 5.75 Å². The fraction of sp³-hybridized carbons (Fsp3) is 0.158. The smallest absolute Gasteiger partial charge is 0.274 e. The number of amides is 1. The number of aromatic nitrogens is 2. The zero-order valence-electron chi connectivity index (χ0n) is 14.5. The Morgan fingerprint density at radius 3 is 2.67 bits per heavy atom. The number of nitrogens with zero attached hydrogens (tertiary/aromatic N) is 2. The number of benzene rings is 2. The van der Waals surface area contributed by atoms with Crippen LogP contribution >= 0.6 is 0 Å². The number of para-hydroxylation sites is 1. The number of sulfone groups is 1. The SMILES string of the molecule is COc1cccc(-c2nc3n(c2C(=O)Nc2ccccc2)CCS3(=O)=O)c1. The van der Waals surface area contributed by atoms with Crippen LogP contribution in [0, 0.1) is 0 Å². The van der Waals surface area contributed by atoms with E-state index in [2.05, 4.69) is 10.3 Å². The summed E-state index contributed by atoms with van der Waals surface area (Å²) in [6, 6.07) is 16.0. The van der Waals surface area contributed by atoms with Gasteiger partial charge < -0.3 is 14.6 Å². The molecule has 7 nitrogen and oxygen atoms in total. The minimum atomic E-state index is -3.50. The third-order valence-corrected chi connectivity index (χ3v) is 5.97. The Kier molecular flexibility index (Phi) is 4.19. The van der Waals surface area contributed by atoms with Crippen molar-refractivity contribution in [2.75, 3.05) is 18.2 Å². The summed E-state index contributed by atoms with van der Waals surface area (Å²) in [5, 5.41) is 2.74. The summed E-state index contributed by atoms with van der Waals surface area (Å²) in [5.74, 6) is 0.132. The zero-order chi connectivity index (χ0) is 19.0. The van der Waals surface area contributed by atoms with Crippen molar-refractivity contribution >= 4 is 21.4 Å². The van der Waals surface area contributed by atoms with Gasteiger partial charge >= 0.3 is 0 Å². The second-order valence-corrected chi connectivity index (χ2v) is 8.12. The van der Waals surface area contributed by atoms with E-state index in [4.69, 9.17) is 4.74 Å². The average molecular weight is 383 g/mol. The Balaban J connectivity index is 1.85. The van der Waals surface area contributed by atoms with E-state index >= 15 is 0 Å². The maximum Gasteiger partial charge on any atom is 0.274 e. The minimum absolute atomic E-state index is 0.0562. The molecule has 27 heavy (non-hydrogen) atoms. The predicted octanol–water partition coefficient (Wildman–Crippen LogP) is 2.60. The van der Waals surface area contributed by atoms with E-state index < -0.39 is 15.7 Å². The molecule has 0 atom stereocenters. The first kappa shape index (κ1) is 17.3. The minimum Gasteiger partial charge on any atom is -0.497 e. The van der Waals surface area contributed by atoms with Crippen LogP contribution in [-0.4, -0.2) is 36.7 Å². The standard InChI is InChI=1S/C19H17N3O4S/c1-26-15-9-5-6-13(12-15)16-17(18(23)20-14-7-3-2-4-8-14)22-10-11-27(24,25)19(22)21-16/h2-9,12H,10-11H2,1H3,(H,20,23). The highest BCUT2D eigenvalue weighted by Crippen LogP contribution is 2.32. The molecule has 2 heterocycles.